The number of nitrogens with zero attached hydrogens (tertiary/aromatic N) is 1. The standard InChI is InChI=1S/C20H22N2/c21-20(22-15-16-8-3-1-4-9-16)19-13-7-12-18(14-19)17-10-5-2-6-11-17/h2-3,5-6,8-12,14H,1,4,7,13,15H2,(H2,21,22). The van der Waals surface area contributed by atoms with Crippen LogP contribution in [0.4, 0.5) is 0 Å². The molecule has 0 bridgehead atoms. The topological polar surface area (TPSA) is 38.4 Å². The lowest BCUT2D eigenvalue weighted by atomic mass is 9.94. The van der Waals surface area contributed by atoms with E-state index in [2.05, 4.69) is 59.6 Å². The lowest BCUT2D eigenvalue weighted by molar-refractivity contribution is 0.982. The smallest absolute Gasteiger partial charge is 0.121 e. The Kier molecular flexibility index (Phi) is 4.69. The molecule has 0 aromatic heterocycles. The maximum absolute atomic E-state index is 6.21. The molecule has 0 unspecified atom stereocenters. The number of nitrogens with two attached hydrogens (primary N) is 1. The first-order valence-corrected chi connectivity index (χ1v) is 7.95. The SMILES string of the molecule is NC(=NCC1=CCCC=C1)C1=CC(c2ccccc2)=CCC1. The van der Waals surface area contributed by atoms with Crippen LogP contribution in [-0.2, 0) is 0 Å². The zero-order valence-electron chi connectivity index (χ0n) is 12.8. The molecule has 2 heteroatoms. The molecule has 112 valence electrons. The molecule has 2 aliphatic carbocycles. The Morgan fingerprint density at radius 2 is 1.91 bits per heavy atom. The first-order valence-electron chi connectivity index (χ1n) is 7.95. The average Bonchev–Trinajstić information content (AvgIpc) is 2.61. The van der Waals surface area contributed by atoms with E-state index in [1.165, 1.54) is 16.7 Å². The largest absolute Gasteiger partial charge is 0.384 e. The van der Waals surface area contributed by atoms with Crippen LogP contribution in [0.3, 0.4) is 0 Å². The van der Waals surface area contributed by atoms with Crippen molar-refractivity contribution in [3.63, 3.8) is 0 Å². The fourth-order valence-electron chi connectivity index (χ4n) is 2.80. The molecule has 22 heavy (non-hydrogen) atoms. The molecule has 0 radical (unpaired) electrons. The Labute approximate surface area is 132 Å². The zero-order chi connectivity index (χ0) is 15.2. The van der Waals surface area contributed by atoms with Gasteiger partial charge >= 0.3 is 0 Å². The first-order chi connectivity index (χ1) is 10.8. The van der Waals surface area contributed by atoms with Crippen LogP contribution in [0.2, 0.25) is 0 Å². The first kappa shape index (κ1) is 14.6. The Morgan fingerprint density at radius 1 is 1.05 bits per heavy atom. The number of benzene rings is 1. The summed E-state index contributed by atoms with van der Waals surface area (Å²) in [4.78, 5) is 4.58. The second-order valence-corrected chi connectivity index (χ2v) is 5.69. The van der Waals surface area contributed by atoms with Gasteiger partial charge in [-0.25, -0.2) is 0 Å². The summed E-state index contributed by atoms with van der Waals surface area (Å²) < 4.78 is 0. The van der Waals surface area contributed by atoms with E-state index in [9.17, 15) is 0 Å². The van der Waals surface area contributed by atoms with E-state index >= 15 is 0 Å². The molecule has 2 N–H and O–H groups in total. The van der Waals surface area contributed by atoms with E-state index in [-0.39, 0.29) is 0 Å². The molecule has 0 fully saturated rings. The van der Waals surface area contributed by atoms with Gasteiger partial charge in [-0.2, -0.15) is 0 Å². The van der Waals surface area contributed by atoms with Crippen LogP contribution < -0.4 is 5.73 Å². The summed E-state index contributed by atoms with van der Waals surface area (Å²) in [6.07, 6.45) is 15.3. The molecule has 0 aliphatic heterocycles. The van der Waals surface area contributed by atoms with Gasteiger partial charge < -0.3 is 5.73 Å². The molecule has 2 aliphatic rings. The lowest BCUT2D eigenvalue weighted by Gasteiger charge is -2.14. The molecular formula is C20H22N2. The third-order valence-corrected chi connectivity index (χ3v) is 4.05. The summed E-state index contributed by atoms with van der Waals surface area (Å²) in [6, 6.07) is 10.4. The molecule has 2 nitrogen and oxygen atoms in total. The third kappa shape index (κ3) is 3.64. The molecule has 0 saturated heterocycles. The van der Waals surface area contributed by atoms with Crippen molar-refractivity contribution in [2.45, 2.75) is 25.7 Å². The minimum absolute atomic E-state index is 0.682. The van der Waals surface area contributed by atoms with Crippen molar-refractivity contribution < 1.29 is 0 Å². The minimum atomic E-state index is 0.682. The summed E-state index contributed by atoms with van der Waals surface area (Å²) in [6.45, 7) is 0.685. The van der Waals surface area contributed by atoms with Crippen molar-refractivity contribution in [2.24, 2.45) is 10.7 Å². The Bertz CT molecular complexity index is 673. The number of hydrogen-bond acceptors (Lipinski definition) is 1. The molecule has 0 amide bonds. The summed E-state index contributed by atoms with van der Waals surface area (Å²) in [5, 5.41) is 0. The molecule has 1 aromatic rings. The molecule has 0 spiro atoms. The van der Waals surface area contributed by atoms with E-state index in [1.807, 2.05) is 6.07 Å². The van der Waals surface area contributed by atoms with Gasteiger partial charge in [-0.1, -0.05) is 54.6 Å². The van der Waals surface area contributed by atoms with Crippen LogP contribution in [0.5, 0.6) is 0 Å². The average molecular weight is 290 g/mol. The van der Waals surface area contributed by atoms with Crippen molar-refractivity contribution in [3.8, 4) is 0 Å². The third-order valence-electron chi connectivity index (χ3n) is 4.05. The highest BCUT2D eigenvalue weighted by Crippen LogP contribution is 2.25. The normalized spacial score (nSPS) is 18.5. The van der Waals surface area contributed by atoms with Gasteiger partial charge in [-0.3, -0.25) is 4.99 Å². The number of hydrogen-bond donors (Lipinski definition) is 1. The molecule has 0 heterocycles. The molecule has 0 atom stereocenters. The number of allylic oxidation sites excluding steroid dienone is 5. The van der Waals surface area contributed by atoms with Crippen LogP contribution in [0.25, 0.3) is 5.57 Å². The van der Waals surface area contributed by atoms with Gasteiger partial charge in [0.25, 0.3) is 0 Å². The maximum Gasteiger partial charge on any atom is 0.121 e. The quantitative estimate of drug-likeness (QED) is 0.647. The van der Waals surface area contributed by atoms with Gasteiger partial charge in [0.1, 0.15) is 5.84 Å². The van der Waals surface area contributed by atoms with E-state index in [4.69, 9.17) is 5.73 Å². The van der Waals surface area contributed by atoms with E-state index < -0.39 is 0 Å². The summed E-state index contributed by atoms with van der Waals surface area (Å²) in [5.41, 5.74) is 11.1. The van der Waals surface area contributed by atoms with Crippen molar-refractivity contribution in [2.75, 3.05) is 6.54 Å². The van der Waals surface area contributed by atoms with Gasteiger partial charge in [0.05, 0.1) is 6.54 Å². The maximum atomic E-state index is 6.21. The highest BCUT2D eigenvalue weighted by Gasteiger charge is 2.10. The highest BCUT2D eigenvalue weighted by molar-refractivity contribution is 6.00. The molecular weight excluding hydrogens is 268 g/mol. The summed E-state index contributed by atoms with van der Waals surface area (Å²) in [5.74, 6) is 0.682. The Hall–Kier alpha value is -2.35. The van der Waals surface area contributed by atoms with E-state index in [0.717, 1.165) is 31.3 Å². The Balaban J connectivity index is 1.73. The van der Waals surface area contributed by atoms with Crippen molar-refractivity contribution >= 4 is 11.4 Å². The monoisotopic (exact) mass is 290 g/mol. The van der Waals surface area contributed by atoms with E-state index in [0.29, 0.717) is 12.4 Å². The molecule has 3 rings (SSSR count). The number of amidine groups is 1. The number of rotatable bonds is 4. The molecule has 0 saturated carbocycles. The van der Waals surface area contributed by atoms with Crippen LogP contribution in [0.1, 0.15) is 31.2 Å². The lowest BCUT2D eigenvalue weighted by Crippen LogP contribution is -2.17. The second kappa shape index (κ2) is 7.08. The van der Waals surface area contributed by atoms with Crippen molar-refractivity contribution in [3.05, 3.63) is 77.4 Å². The van der Waals surface area contributed by atoms with Gasteiger partial charge in [0.15, 0.2) is 0 Å². The van der Waals surface area contributed by atoms with Crippen LogP contribution in [0.15, 0.2) is 76.9 Å². The summed E-state index contributed by atoms with van der Waals surface area (Å²) >= 11 is 0. The van der Waals surface area contributed by atoms with Crippen LogP contribution in [0, 0.1) is 0 Å². The Morgan fingerprint density at radius 3 is 2.68 bits per heavy atom. The predicted octanol–water partition coefficient (Wildman–Crippen LogP) is 4.42. The number of aliphatic imine (C=N–C) groups is 1. The van der Waals surface area contributed by atoms with Crippen molar-refractivity contribution in [1.82, 2.24) is 0 Å². The van der Waals surface area contributed by atoms with Crippen LogP contribution in [-0.4, -0.2) is 12.4 Å². The summed E-state index contributed by atoms with van der Waals surface area (Å²) in [7, 11) is 0. The van der Waals surface area contributed by atoms with Gasteiger partial charge in [0, 0.05) is 0 Å². The predicted molar refractivity (Wildman–Crippen MR) is 94.7 cm³/mol. The van der Waals surface area contributed by atoms with Crippen LogP contribution >= 0.6 is 0 Å². The minimum Gasteiger partial charge on any atom is -0.384 e. The zero-order valence-corrected chi connectivity index (χ0v) is 12.8. The second-order valence-electron chi connectivity index (χ2n) is 5.69. The van der Waals surface area contributed by atoms with Crippen molar-refractivity contribution in [1.29, 1.82) is 0 Å². The fraction of sp³-hybridized carbons (Fsp3) is 0.250. The van der Waals surface area contributed by atoms with Gasteiger partial charge in [0.2, 0.25) is 0 Å². The van der Waals surface area contributed by atoms with Gasteiger partial charge in [-0.05, 0) is 54.0 Å². The highest BCUT2D eigenvalue weighted by atomic mass is 14.8. The van der Waals surface area contributed by atoms with Gasteiger partial charge in [-0.15, -0.1) is 0 Å². The van der Waals surface area contributed by atoms with E-state index in [1.54, 1.807) is 0 Å². The fourth-order valence-corrected chi connectivity index (χ4v) is 2.80. The molecule has 1 aromatic carbocycles.